The predicted octanol–water partition coefficient (Wildman–Crippen LogP) is 18.5. The Morgan fingerprint density at radius 2 is 1.22 bits per heavy atom. The average Bonchev–Trinajstić information content (AvgIpc) is 3.27. The predicted molar refractivity (Wildman–Crippen MR) is 291 cm³/mol. The van der Waals surface area contributed by atoms with Crippen molar-refractivity contribution < 1.29 is 26.2 Å². The van der Waals surface area contributed by atoms with Crippen molar-refractivity contribution in [1.82, 2.24) is 9.97 Å². The molecule has 0 aliphatic carbocycles. The van der Waals surface area contributed by atoms with Gasteiger partial charge in [-0.25, -0.2) is 4.98 Å². The number of phenolic OH excluding ortho intramolecular Hbond substituents is 1. The van der Waals surface area contributed by atoms with Crippen molar-refractivity contribution in [3.8, 4) is 39.3 Å². The zero-order valence-electron chi connectivity index (χ0n) is 44.7. The Morgan fingerprint density at radius 1 is 0.609 bits per heavy atom. The van der Waals surface area contributed by atoms with Gasteiger partial charge in [-0.3, -0.25) is 4.98 Å². The zero-order chi connectivity index (χ0) is 49.5. The van der Waals surface area contributed by atoms with Crippen molar-refractivity contribution in [1.29, 1.82) is 0 Å². The van der Waals surface area contributed by atoms with Crippen LogP contribution in [-0.4, -0.2) is 15.1 Å². The van der Waals surface area contributed by atoms with Crippen LogP contribution in [0.1, 0.15) is 204 Å². The second kappa shape index (κ2) is 18.9. The molecule has 69 heavy (non-hydrogen) atoms. The van der Waals surface area contributed by atoms with E-state index in [1.165, 1.54) is 50.1 Å². The molecule has 3 heterocycles. The van der Waals surface area contributed by atoms with Gasteiger partial charge < -0.3 is 10.0 Å². The second-order valence-electron chi connectivity index (χ2n) is 23.8. The van der Waals surface area contributed by atoms with Crippen molar-refractivity contribution in [3.05, 3.63) is 153 Å². The van der Waals surface area contributed by atoms with Crippen LogP contribution in [0.5, 0.6) is 5.75 Å². The Morgan fingerprint density at radius 3 is 1.77 bits per heavy atom. The van der Waals surface area contributed by atoms with Gasteiger partial charge in [-0.2, -0.15) is 0 Å². The first kappa shape index (κ1) is 51.8. The molecule has 7 aromatic rings. The summed E-state index contributed by atoms with van der Waals surface area (Å²) in [7, 11) is 0. The number of benzene rings is 5. The van der Waals surface area contributed by atoms with Gasteiger partial charge in [0.1, 0.15) is 17.1 Å². The van der Waals surface area contributed by atoms with E-state index in [1.807, 2.05) is 12.3 Å². The zero-order valence-corrected chi connectivity index (χ0v) is 47.0. The number of anilines is 3. The fourth-order valence-corrected chi connectivity index (χ4v) is 10.4. The summed E-state index contributed by atoms with van der Waals surface area (Å²) >= 11 is 0. The molecule has 5 heteroatoms. The molecule has 0 saturated carbocycles. The molecule has 364 valence electrons. The summed E-state index contributed by atoms with van der Waals surface area (Å²) in [5.41, 5.74) is 19.2. The van der Waals surface area contributed by atoms with Crippen LogP contribution in [0.4, 0.5) is 17.2 Å². The van der Waals surface area contributed by atoms with Crippen molar-refractivity contribution in [2.45, 2.75) is 170 Å². The largest absolute Gasteiger partial charge is 0.505 e. The molecule has 0 fully saturated rings. The van der Waals surface area contributed by atoms with Gasteiger partial charge in [0.05, 0.1) is 0 Å². The summed E-state index contributed by atoms with van der Waals surface area (Å²) in [5, 5.41) is 13.9. The van der Waals surface area contributed by atoms with E-state index >= 15 is 0 Å². The minimum absolute atomic E-state index is 0. The first-order valence-electron chi connectivity index (χ1n) is 25.3. The normalized spacial score (nSPS) is 13.8. The maximum atomic E-state index is 12.9. The van der Waals surface area contributed by atoms with Crippen molar-refractivity contribution in [2.24, 2.45) is 0 Å². The SMILES string of the molecule is CC(C)c1cc(C(C)C)c(-c2cc(-c3ccccc3)c(O)c3nc(-c4[c-]c5c(cc4C(C)C)C(C)(C)c4ccc(C(C)C)cc4N5c4cc(C(C)(C)C)ccn4)cc(C(C)(C)C)c23)c(C(C)C)c1.[Pt]. The van der Waals surface area contributed by atoms with Crippen LogP contribution in [0.3, 0.4) is 0 Å². The van der Waals surface area contributed by atoms with E-state index in [2.05, 4.69) is 221 Å². The number of rotatable bonds is 9. The van der Waals surface area contributed by atoms with Gasteiger partial charge in [0.2, 0.25) is 0 Å². The molecule has 4 nitrogen and oxygen atoms in total. The first-order valence-corrected chi connectivity index (χ1v) is 25.3. The summed E-state index contributed by atoms with van der Waals surface area (Å²) in [4.78, 5) is 13.2. The molecule has 0 saturated heterocycles. The molecule has 0 radical (unpaired) electrons. The van der Waals surface area contributed by atoms with Gasteiger partial charge in [-0.1, -0.05) is 197 Å². The molecule has 1 N–H and O–H groups in total. The topological polar surface area (TPSA) is 49.3 Å². The number of fused-ring (bicyclic) bond motifs is 3. The monoisotopic (exact) mass is 1100 g/mol. The van der Waals surface area contributed by atoms with Crippen molar-refractivity contribution in [3.63, 3.8) is 0 Å². The first-order chi connectivity index (χ1) is 31.8. The van der Waals surface area contributed by atoms with Crippen LogP contribution in [0.15, 0.2) is 97.2 Å². The second-order valence-corrected chi connectivity index (χ2v) is 23.8. The number of nitrogens with zero attached hydrogens (tertiary/aromatic N) is 3. The third-order valence-corrected chi connectivity index (χ3v) is 14.7. The molecular formula is C64H76N3OPt-. The Hall–Kier alpha value is -5.05. The van der Waals surface area contributed by atoms with E-state index in [0.29, 0.717) is 17.4 Å². The third-order valence-electron chi connectivity index (χ3n) is 14.7. The Bertz CT molecular complexity index is 3020. The molecule has 8 rings (SSSR count). The number of hydrogen-bond acceptors (Lipinski definition) is 4. The van der Waals surface area contributed by atoms with E-state index < -0.39 is 0 Å². The summed E-state index contributed by atoms with van der Waals surface area (Å²) in [5.74, 6) is 2.49. The maximum absolute atomic E-state index is 12.9. The molecule has 0 amide bonds. The van der Waals surface area contributed by atoms with Crippen molar-refractivity contribution in [2.75, 3.05) is 4.90 Å². The van der Waals surface area contributed by atoms with Crippen LogP contribution in [0, 0.1) is 6.07 Å². The molecule has 1 aliphatic heterocycles. The molecule has 0 bridgehead atoms. The van der Waals surface area contributed by atoms with E-state index in [9.17, 15) is 5.11 Å². The van der Waals surface area contributed by atoms with E-state index in [4.69, 9.17) is 9.97 Å². The number of aromatic hydroxyl groups is 1. The smallest absolute Gasteiger partial charge is 0.148 e. The minimum atomic E-state index is -0.338. The molecule has 0 spiro atoms. The van der Waals surface area contributed by atoms with Crippen LogP contribution in [0.2, 0.25) is 0 Å². The average molecular weight is 1100 g/mol. The standard InChI is InChI=1S/C64H76N3O.Pt/c1-36(2)42-24-25-51-55(30-42)67(57-31-44(26-27-65-57)62(11,12)13)56-34-49(45(38(5)6)33-52(56)64(51,17)18)54-35-53(63(14,15)16)59-50(32-48(61(68)60(59)66-54)41-22-20-19-21-23-41)58-46(39(7)8)28-43(37(3)4)29-47(58)40(9)10;/h19-33,35-40,68H,1-18H3;/q-1;. The molecular weight excluding hydrogens is 1020 g/mol. The Labute approximate surface area is 429 Å². The van der Waals surface area contributed by atoms with Gasteiger partial charge >= 0.3 is 0 Å². The molecule has 0 atom stereocenters. The quantitative estimate of drug-likeness (QED) is 0.146. The van der Waals surface area contributed by atoms with E-state index in [1.54, 1.807) is 0 Å². The third kappa shape index (κ3) is 9.37. The van der Waals surface area contributed by atoms with Gasteiger partial charge in [0.15, 0.2) is 0 Å². The van der Waals surface area contributed by atoms with Gasteiger partial charge in [-0.05, 0) is 131 Å². The number of aromatic nitrogens is 2. The Balaban J connectivity index is 0.00000703. The minimum Gasteiger partial charge on any atom is -0.505 e. The van der Waals surface area contributed by atoms with Gasteiger partial charge in [0.25, 0.3) is 0 Å². The van der Waals surface area contributed by atoms with E-state index in [0.717, 1.165) is 56.1 Å². The molecule has 2 aromatic heterocycles. The van der Waals surface area contributed by atoms with Gasteiger partial charge in [-0.15, -0.1) is 23.3 Å². The van der Waals surface area contributed by atoms with Gasteiger partial charge in [0, 0.05) is 43.9 Å². The van der Waals surface area contributed by atoms with Crippen LogP contribution < -0.4 is 4.90 Å². The summed E-state index contributed by atoms with van der Waals surface area (Å²) in [6.45, 7) is 41.3. The molecule has 0 unspecified atom stereocenters. The number of pyridine rings is 2. The molecule has 5 aromatic carbocycles. The summed E-state index contributed by atoms with van der Waals surface area (Å²) in [6.07, 6.45) is 1.96. The number of hydrogen-bond donors (Lipinski definition) is 1. The summed E-state index contributed by atoms with van der Waals surface area (Å²) in [6, 6.07) is 37.8. The molecule has 1 aliphatic rings. The fourth-order valence-electron chi connectivity index (χ4n) is 10.4. The van der Waals surface area contributed by atoms with Crippen LogP contribution in [0.25, 0.3) is 44.4 Å². The Kier molecular flexibility index (Phi) is 14.2. The number of phenols is 1. The van der Waals surface area contributed by atoms with E-state index in [-0.39, 0.29) is 60.8 Å². The van der Waals surface area contributed by atoms with Crippen LogP contribution >= 0.6 is 0 Å². The van der Waals surface area contributed by atoms with Crippen LogP contribution in [-0.2, 0) is 37.3 Å². The summed E-state index contributed by atoms with van der Waals surface area (Å²) < 4.78 is 0. The maximum Gasteiger partial charge on any atom is 0.148 e. The van der Waals surface area contributed by atoms with Crippen molar-refractivity contribution >= 4 is 28.1 Å². The fraction of sp³-hybridized carbons (Fsp3) is 0.406.